The van der Waals surface area contributed by atoms with Gasteiger partial charge in [-0.3, -0.25) is 9.69 Å². The van der Waals surface area contributed by atoms with E-state index < -0.39 is 0 Å². The molecule has 0 atom stereocenters. The number of piperidine rings is 1. The number of likely N-dealkylation sites (tertiary alicyclic amines) is 1. The standard InChI is InChI=1S/C42H47N3O4/c1-5-43-41(46)39-38(33-21-19-30(20-22-33)27-45-23-13-8-14-24-45)40(49-44-39)34-25-35(42(2,3)4)37(48-29-32-17-11-7-12-18-32)26-36(34)47-28-31-15-9-6-10-16-31/h6-7,9-12,15-22,25-26H,5,8,13-14,23-24,27-29H2,1-4H3,(H,43,46). The molecule has 0 aliphatic carbocycles. The summed E-state index contributed by atoms with van der Waals surface area (Å²) in [5.41, 5.74) is 6.51. The highest BCUT2D eigenvalue weighted by atomic mass is 16.5. The maximum absolute atomic E-state index is 13.4. The summed E-state index contributed by atoms with van der Waals surface area (Å²) in [7, 11) is 0. The Kier molecular flexibility index (Phi) is 10.8. The highest BCUT2D eigenvalue weighted by molar-refractivity contribution is 6.02. The molecule has 0 spiro atoms. The third kappa shape index (κ3) is 8.41. The Bertz CT molecular complexity index is 1820. The second-order valence-corrected chi connectivity index (χ2v) is 13.8. The molecule has 7 heteroatoms. The Morgan fingerprint density at radius 2 is 1.41 bits per heavy atom. The van der Waals surface area contributed by atoms with Gasteiger partial charge >= 0.3 is 0 Å². The molecule has 5 aromatic rings. The molecule has 1 saturated heterocycles. The van der Waals surface area contributed by atoms with E-state index >= 15 is 0 Å². The number of rotatable bonds is 12. The molecule has 1 aliphatic heterocycles. The van der Waals surface area contributed by atoms with Crippen molar-refractivity contribution in [3.63, 3.8) is 0 Å². The van der Waals surface area contributed by atoms with Crippen LogP contribution in [0.1, 0.15) is 79.7 Å². The number of aromatic nitrogens is 1. The predicted octanol–water partition coefficient (Wildman–Crippen LogP) is 9.20. The number of amides is 1. The number of hydrogen-bond acceptors (Lipinski definition) is 6. The Labute approximate surface area is 290 Å². The zero-order valence-corrected chi connectivity index (χ0v) is 29.1. The van der Waals surface area contributed by atoms with Crippen LogP contribution in [0.3, 0.4) is 0 Å². The number of carbonyl (C=O) groups excluding carboxylic acids is 1. The lowest BCUT2D eigenvalue weighted by atomic mass is 9.84. The first-order chi connectivity index (χ1) is 23.8. The average Bonchev–Trinajstić information content (AvgIpc) is 3.56. The molecule has 6 rings (SSSR count). The lowest BCUT2D eigenvalue weighted by Crippen LogP contribution is -2.29. The van der Waals surface area contributed by atoms with Gasteiger partial charge in [0.25, 0.3) is 5.91 Å². The first-order valence-corrected chi connectivity index (χ1v) is 17.4. The quantitative estimate of drug-likeness (QED) is 0.144. The van der Waals surface area contributed by atoms with Crippen LogP contribution in [0.25, 0.3) is 22.5 Å². The van der Waals surface area contributed by atoms with E-state index in [4.69, 9.17) is 14.0 Å². The van der Waals surface area contributed by atoms with Crippen molar-refractivity contribution in [2.45, 2.75) is 72.1 Å². The number of carbonyl (C=O) groups is 1. The van der Waals surface area contributed by atoms with Gasteiger partial charge < -0.3 is 19.3 Å². The monoisotopic (exact) mass is 657 g/mol. The minimum absolute atomic E-state index is 0.247. The molecule has 2 heterocycles. The molecule has 1 N–H and O–H groups in total. The molecule has 7 nitrogen and oxygen atoms in total. The molecule has 254 valence electrons. The van der Waals surface area contributed by atoms with Crippen LogP contribution >= 0.6 is 0 Å². The van der Waals surface area contributed by atoms with Gasteiger partial charge in [-0.2, -0.15) is 0 Å². The topological polar surface area (TPSA) is 76.8 Å². The Morgan fingerprint density at radius 3 is 2.00 bits per heavy atom. The maximum atomic E-state index is 13.4. The Balaban J connectivity index is 1.45. The van der Waals surface area contributed by atoms with Crippen LogP contribution in [0.15, 0.2) is 102 Å². The van der Waals surface area contributed by atoms with Crippen LogP contribution in [0.4, 0.5) is 0 Å². The van der Waals surface area contributed by atoms with Gasteiger partial charge in [0.2, 0.25) is 0 Å². The molecular formula is C42H47N3O4. The van der Waals surface area contributed by atoms with Crippen LogP contribution in [-0.4, -0.2) is 35.6 Å². The van der Waals surface area contributed by atoms with E-state index in [0.717, 1.165) is 47.6 Å². The van der Waals surface area contributed by atoms with Gasteiger partial charge in [-0.15, -0.1) is 0 Å². The summed E-state index contributed by atoms with van der Waals surface area (Å²) in [5.74, 6) is 1.51. The van der Waals surface area contributed by atoms with E-state index in [1.165, 1.54) is 24.8 Å². The van der Waals surface area contributed by atoms with Crippen LogP contribution in [0.2, 0.25) is 0 Å². The fourth-order valence-corrected chi connectivity index (χ4v) is 6.33. The van der Waals surface area contributed by atoms with E-state index in [2.05, 4.69) is 78.6 Å². The van der Waals surface area contributed by atoms with Crippen molar-refractivity contribution >= 4 is 5.91 Å². The molecule has 0 unspecified atom stereocenters. The molecule has 1 fully saturated rings. The van der Waals surface area contributed by atoms with Crippen molar-refractivity contribution in [2.75, 3.05) is 19.6 Å². The second-order valence-electron chi connectivity index (χ2n) is 13.8. The summed E-state index contributed by atoms with van der Waals surface area (Å²) in [6.45, 7) is 12.8. The van der Waals surface area contributed by atoms with Crippen molar-refractivity contribution in [1.82, 2.24) is 15.4 Å². The fourth-order valence-electron chi connectivity index (χ4n) is 6.33. The van der Waals surface area contributed by atoms with Gasteiger partial charge in [0.15, 0.2) is 11.5 Å². The highest BCUT2D eigenvalue weighted by Gasteiger charge is 2.30. The number of nitrogens with zero attached hydrogens (tertiary/aromatic N) is 2. The van der Waals surface area contributed by atoms with Crippen molar-refractivity contribution in [1.29, 1.82) is 0 Å². The molecule has 1 aliphatic rings. The van der Waals surface area contributed by atoms with Crippen molar-refractivity contribution in [2.24, 2.45) is 0 Å². The molecule has 0 radical (unpaired) electrons. The predicted molar refractivity (Wildman–Crippen MR) is 195 cm³/mol. The van der Waals surface area contributed by atoms with Crippen molar-refractivity contribution in [3.8, 4) is 33.9 Å². The smallest absolute Gasteiger partial charge is 0.274 e. The normalized spacial score (nSPS) is 13.6. The number of nitrogens with one attached hydrogen (secondary N) is 1. The summed E-state index contributed by atoms with van der Waals surface area (Å²) in [6.07, 6.45) is 3.81. The van der Waals surface area contributed by atoms with Crippen LogP contribution < -0.4 is 14.8 Å². The number of benzene rings is 4. The first-order valence-electron chi connectivity index (χ1n) is 17.4. The van der Waals surface area contributed by atoms with Crippen molar-refractivity contribution < 1.29 is 18.8 Å². The van der Waals surface area contributed by atoms with E-state index in [1.807, 2.05) is 61.5 Å². The summed E-state index contributed by atoms with van der Waals surface area (Å²) in [4.78, 5) is 15.9. The first kappa shape index (κ1) is 34.0. The summed E-state index contributed by atoms with van der Waals surface area (Å²) in [6, 6.07) is 32.7. The van der Waals surface area contributed by atoms with Gasteiger partial charge in [-0.05, 0) is 66.6 Å². The summed E-state index contributed by atoms with van der Waals surface area (Å²) >= 11 is 0. The summed E-state index contributed by atoms with van der Waals surface area (Å²) in [5, 5.41) is 7.29. The lowest BCUT2D eigenvalue weighted by Gasteiger charge is -2.26. The van der Waals surface area contributed by atoms with Gasteiger partial charge in [0, 0.05) is 24.7 Å². The van der Waals surface area contributed by atoms with Gasteiger partial charge in [-0.25, -0.2) is 0 Å². The second kappa shape index (κ2) is 15.6. The maximum Gasteiger partial charge on any atom is 0.274 e. The minimum Gasteiger partial charge on any atom is -0.488 e. The molecule has 0 bridgehead atoms. The lowest BCUT2D eigenvalue weighted by molar-refractivity contribution is 0.0947. The molecule has 4 aromatic carbocycles. The fraction of sp³-hybridized carbons (Fsp3) is 0.333. The summed E-state index contributed by atoms with van der Waals surface area (Å²) < 4.78 is 19.2. The zero-order valence-electron chi connectivity index (χ0n) is 29.1. The largest absolute Gasteiger partial charge is 0.488 e. The third-order valence-electron chi connectivity index (χ3n) is 8.95. The van der Waals surface area contributed by atoms with E-state index in [9.17, 15) is 4.79 Å². The van der Waals surface area contributed by atoms with E-state index in [-0.39, 0.29) is 17.0 Å². The molecule has 1 aromatic heterocycles. The molecule has 49 heavy (non-hydrogen) atoms. The van der Waals surface area contributed by atoms with Gasteiger partial charge in [0.1, 0.15) is 24.7 Å². The Hall–Kier alpha value is -4.88. The average molecular weight is 658 g/mol. The van der Waals surface area contributed by atoms with Gasteiger partial charge in [-0.1, -0.05) is 117 Å². The number of ether oxygens (including phenoxy) is 2. The van der Waals surface area contributed by atoms with Gasteiger partial charge in [0.05, 0.1) is 11.1 Å². The van der Waals surface area contributed by atoms with E-state index in [1.54, 1.807) is 0 Å². The Morgan fingerprint density at radius 1 is 0.796 bits per heavy atom. The highest BCUT2D eigenvalue weighted by Crippen LogP contribution is 2.45. The van der Waals surface area contributed by atoms with E-state index in [0.29, 0.717) is 42.4 Å². The number of hydrogen-bond donors (Lipinski definition) is 1. The van der Waals surface area contributed by atoms with Crippen LogP contribution in [0.5, 0.6) is 11.5 Å². The molecule has 1 amide bonds. The van der Waals surface area contributed by atoms with Crippen molar-refractivity contribution in [3.05, 3.63) is 125 Å². The molecule has 0 saturated carbocycles. The van der Waals surface area contributed by atoms with Crippen LogP contribution in [-0.2, 0) is 25.2 Å². The zero-order chi connectivity index (χ0) is 34.2. The third-order valence-corrected chi connectivity index (χ3v) is 8.95. The van der Waals surface area contributed by atoms with Crippen LogP contribution in [0, 0.1) is 0 Å². The minimum atomic E-state index is -0.282. The molecular weight excluding hydrogens is 610 g/mol. The SMILES string of the molecule is CCNC(=O)c1noc(-c2cc(C(C)(C)C)c(OCc3ccccc3)cc2OCc2ccccc2)c1-c1ccc(CN2CCCCC2)cc1.